The van der Waals surface area contributed by atoms with E-state index in [2.05, 4.69) is 5.10 Å². The number of para-hydroxylation sites is 1. The van der Waals surface area contributed by atoms with E-state index in [0.717, 1.165) is 28.3 Å². The van der Waals surface area contributed by atoms with E-state index in [9.17, 15) is 13.2 Å². The van der Waals surface area contributed by atoms with E-state index in [1.165, 1.54) is 6.07 Å². The van der Waals surface area contributed by atoms with Crippen molar-refractivity contribution in [1.82, 2.24) is 9.78 Å². The predicted molar refractivity (Wildman–Crippen MR) is 126 cm³/mol. The lowest BCUT2D eigenvalue weighted by Gasteiger charge is -2.11. The van der Waals surface area contributed by atoms with Crippen LogP contribution in [0.25, 0.3) is 33.3 Å². The Balaban J connectivity index is 1.74. The Morgan fingerprint density at radius 1 is 0.758 bits per heavy atom. The summed E-state index contributed by atoms with van der Waals surface area (Å²) in [4.78, 5) is 0. The van der Waals surface area contributed by atoms with Gasteiger partial charge in [0.2, 0.25) is 0 Å². The number of fused-ring (bicyclic) bond motifs is 1. The fraction of sp³-hybridized carbons (Fsp3) is 0.0741. The first kappa shape index (κ1) is 20.8. The van der Waals surface area contributed by atoms with Gasteiger partial charge in [0.15, 0.2) is 0 Å². The quantitative estimate of drug-likeness (QED) is 0.303. The Hall–Kier alpha value is -4.06. The number of nitrogens with zero attached hydrogens (tertiary/aromatic N) is 2. The fourth-order valence-electron chi connectivity index (χ4n) is 4.15. The van der Waals surface area contributed by atoms with Crippen LogP contribution in [-0.4, -0.2) is 9.78 Å². The number of anilines is 1. The molecule has 0 atom stereocenters. The molecule has 0 bridgehead atoms. The van der Waals surface area contributed by atoms with Gasteiger partial charge in [-0.3, -0.25) is 4.68 Å². The third kappa shape index (κ3) is 3.96. The van der Waals surface area contributed by atoms with Crippen molar-refractivity contribution in [2.45, 2.75) is 12.7 Å². The summed E-state index contributed by atoms with van der Waals surface area (Å²) in [6.07, 6.45) is -4.50. The molecule has 0 aliphatic heterocycles. The van der Waals surface area contributed by atoms with E-state index in [-0.39, 0.29) is 5.52 Å². The lowest BCUT2D eigenvalue weighted by atomic mass is 9.98. The third-order valence-electron chi connectivity index (χ3n) is 5.66. The predicted octanol–water partition coefficient (Wildman–Crippen LogP) is 7.02. The number of halogens is 3. The molecular formula is C27H20F3N3. The van der Waals surface area contributed by atoms with Crippen LogP contribution in [0.1, 0.15) is 11.1 Å². The summed E-state index contributed by atoms with van der Waals surface area (Å²) >= 11 is 0. The van der Waals surface area contributed by atoms with Crippen LogP contribution in [0, 0.1) is 0 Å². The summed E-state index contributed by atoms with van der Waals surface area (Å²) in [6, 6.07) is 29.0. The van der Waals surface area contributed by atoms with Crippen molar-refractivity contribution >= 4 is 16.6 Å². The third-order valence-corrected chi connectivity index (χ3v) is 5.66. The monoisotopic (exact) mass is 443 g/mol. The second-order valence-electron chi connectivity index (χ2n) is 7.86. The summed E-state index contributed by atoms with van der Waals surface area (Å²) in [5, 5.41) is 4.90. The number of nitrogen functional groups attached to an aromatic ring is 1. The van der Waals surface area contributed by atoms with Crippen LogP contribution in [0.2, 0.25) is 0 Å². The Labute approximate surface area is 188 Å². The summed E-state index contributed by atoms with van der Waals surface area (Å²) in [5.74, 6) is 0. The maximum Gasteiger partial charge on any atom is 0.418 e. The van der Waals surface area contributed by atoms with Gasteiger partial charge in [0, 0.05) is 22.2 Å². The fourth-order valence-corrected chi connectivity index (χ4v) is 4.15. The number of aromatic nitrogens is 2. The first-order chi connectivity index (χ1) is 15.9. The van der Waals surface area contributed by atoms with Crippen molar-refractivity contribution in [2.75, 3.05) is 5.73 Å². The highest BCUT2D eigenvalue weighted by molar-refractivity contribution is 5.96. The second kappa shape index (κ2) is 8.13. The highest BCUT2D eigenvalue weighted by Gasteiger charge is 2.34. The molecule has 0 aliphatic carbocycles. The van der Waals surface area contributed by atoms with Crippen molar-refractivity contribution in [3.63, 3.8) is 0 Å². The van der Waals surface area contributed by atoms with Gasteiger partial charge in [-0.05, 0) is 29.3 Å². The Morgan fingerprint density at radius 3 is 2.21 bits per heavy atom. The molecule has 1 heterocycles. The van der Waals surface area contributed by atoms with Crippen molar-refractivity contribution in [1.29, 1.82) is 0 Å². The van der Waals surface area contributed by atoms with Crippen molar-refractivity contribution in [3.8, 4) is 22.4 Å². The summed E-state index contributed by atoms with van der Waals surface area (Å²) in [5.41, 5.74) is 10.1. The van der Waals surface area contributed by atoms with Crippen LogP contribution in [0.4, 0.5) is 18.9 Å². The van der Waals surface area contributed by atoms with E-state index in [0.29, 0.717) is 23.3 Å². The largest absolute Gasteiger partial charge is 0.418 e. The summed E-state index contributed by atoms with van der Waals surface area (Å²) in [6.45, 7) is 0.347. The topological polar surface area (TPSA) is 43.8 Å². The van der Waals surface area contributed by atoms with Crippen LogP contribution in [0.5, 0.6) is 0 Å². The Bertz CT molecular complexity index is 1440. The molecule has 0 unspecified atom stereocenters. The van der Waals surface area contributed by atoms with Gasteiger partial charge in [-0.2, -0.15) is 18.3 Å². The first-order valence-electron chi connectivity index (χ1n) is 10.5. The molecule has 2 N–H and O–H groups in total. The molecule has 0 fully saturated rings. The molecule has 0 aliphatic rings. The smallest absolute Gasteiger partial charge is 0.398 e. The van der Waals surface area contributed by atoms with E-state index in [4.69, 9.17) is 5.73 Å². The Morgan fingerprint density at radius 2 is 1.45 bits per heavy atom. The number of hydrogen-bond acceptors (Lipinski definition) is 2. The Kier molecular flexibility index (Phi) is 5.13. The molecule has 164 valence electrons. The number of hydrogen-bond donors (Lipinski definition) is 1. The van der Waals surface area contributed by atoms with Crippen LogP contribution < -0.4 is 5.73 Å². The van der Waals surface area contributed by atoms with Gasteiger partial charge < -0.3 is 5.73 Å². The molecule has 1 aromatic heterocycles. The number of nitrogens with two attached hydrogens (primary N) is 1. The molecule has 6 heteroatoms. The van der Waals surface area contributed by atoms with Crippen LogP contribution >= 0.6 is 0 Å². The molecule has 33 heavy (non-hydrogen) atoms. The van der Waals surface area contributed by atoms with Gasteiger partial charge >= 0.3 is 6.18 Å². The van der Waals surface area contributed by atoms with Gasteiger partial charge in [0.1, 0.15) is 5.52 Å². The SMILES string of the molecule is Nc1ccccc1-c1cccc(-c2c3cccc(C(F)(F)F)c3nn2Cc2ccccc2)c1. The highest BCUT2D eigenvalue weighted by Crippen LogP contribution is 2.39. The van der Waals surface area contributed by atoms with Crippen molar-refractivity contribution in [2.24, 2.45) is 0 Å². The standard InChI is InChI=1S/C27H20F3N3/c28-27(29,30)23-14-7-13-22-25(23)32-33(17-18-8-2-1-3-9-18)26(22)20-11-6-10-19(16-20)21-12-4-5-15-24(21)31/h1-16H,17,31H2. The zero-order chi connectivity index (χ0) is 23.0. The van der Waals surface area contributed by atoms with Gasteiger partial charge in [-0.15, -0.1) is 0 Å². The second-order valence-corrected chi connectivity index (χ2v) is 7.86. The molecule has 0 radical (unpaired) electrons. The molecule has 0 amide bonds. The minimum atomic E-state index is -4.50. The maximum absolute atomic E-state index is 13.8. The van der Waals surface area contributed by atoms with E-state index < -0.39 is 11.7 Å². The molecule has 0 saturated carbocycles. The van der Waals surface area contributed by atoms with Gasteiger partial charge in [0.05, 0.1) is 17.8 Å². The van der Waals surface area contributed by atoms with Gasteiger partial charge in [-0.1, -0.05) is 78.9 Å². The van der Waals surface area contributed by atoms with Crippen molar-refractivity contribution < 1.29 is 13.2 Å². The van der Waals surface area contributed by atoms with Crippen molar-refractivity contribution in [3.05, 3.63) is 108 Å². The zero-order valence-corrected chi connectivity index (χ0v) is 17.6. The number of rotatable bonds is 4. The van der Waals surface area contributed by atoms with E-state index in [1.807, 2.05) is 78.9 Å². The minimum absolute atomic E-state index is 0.0550. The molecule has 5 rings (SSSR count). The highest BCUT2D eigenvalue weighted by atomic mass is 19.4. The first-order valence-corrected chi connectivity index (χ1v) is 10.5. The lowest BCUT2D eigenvalue weighted by molar-refractivity contribution is -0.136. The zero-order valence-electron chi connectivity index (χ0n) is 17.6. The van der Waals surface area contributed by atoms with Crippen LogP contribution in [0.3, 0.4) is 0 Å². The average Bonchev–Trinajstić information content (AvgIpc) is 3.17. The molecule has 4 aromatic carbocycles. The summed E-state index contributed by atoms with van der Waals surface area (Å²) in [7, 11) is 0. The van der Waals surface area contributed by atoms with Crippen LogP contribution in [0.15, 0.2) is 97.1 Å². The minimum Gasteiger partial charge on any atom is -0.398 e. The average molecular weight is 443 g/mol. The molecule has 0 saturated heterocycles. The molecule has 0 spiro atoms. The van der Waals surface area contributed by atoms with Gasteiger partial charge in [-0.25, -0.2) is 0 Å². The maximum atomic E-state index is 13.8. The molecule has 5 aromatic rings. The number of alkyl halides is 3. The lowest BCUT2D eigenvalue weighted by Crippen LogP contribution is -2.06. The molecular weight excluding hydrogens is 423 g/mol. The van der Waals surface area contributed by atoms with Gasteiger partial charge in [0.25, 0.3) is 0 Å². The molecule has 3 nitrogen and oxygen atoms in total. The normalized spacial score (nSPS) is 11.7. The van der Waals surface area contributed by atoms with E-state index in [1.54, 1.807) is 10.7 Å². The number of benzene rings is 4. The van der Waals surface area contributed by atoms with Crippen LogP contribution in [-0.2, 0) is 12.7 Å². The summed E-state index contributed by atoms with van der Waals surface area (Å²) < 4.78 is 42.9. The van der Waals surface area contributed by atoms with E-state index >= 15 is 0 Å².